The number of rotatable bonds is 1. The SMILES string of the molecule is CNC1CS(=O)(=O)CC1O. The number of hydrogen-bond acceptors (Lipinski definition) is 4. The van der Waals surface area contributed by atoms with Crippen LogP contribution in [0.4, 0.5) is 0 Å². The summed E-state index contributed by atoms with van der Waals surface area (Å²) in [5.41, 5.74) is 0. The van der Waals surface area contributed by atoms with Gasteiger partial charge in [-0.15, -0.1) is 0 Å². The van der Waals surface area contributed by atoms with E-state index in [0.29, 0.717) is 0 Å². The van der Waals surface area contributed by atoms with E-state index in [9.17, 15) is 8.42 Å². The van der Waals surface area contributed by atoms with E-state index in [-0.39, 0.29) is 17.5 Å². The average Bonchev–Trinajstić information content (AvgIpc) is 2.05. The normalized spacial score (nSPS) is 38.2. The van der Waals surface area contributed by atoms with Crippen LogP contribution in [0.3, 0.4) is 0 Å². The monoisotopic (exact) mass is 165 g/mol. The smallest absolute Gasteiger partial charge is 0.154 e. The van der Waals surface area contributed by atoms with Crippen molar-refractivity contribution < 1.29 is 13.5 Å². The maximum absolute atomic E-state index is 10.8. The first-order valence-electron chi connectivity index (χ1n) is 3.11. The van der Waals surface area contributed by atoms with Gasteiger partial charge in [0.1, 0.15) is 0 Å². The maximum Gasteiger partial charge on any atom is 0.154 e. The number of aliphatic hydroxyl groups excluding tert-OH is 1. The zero-order valence-corrected chi connectivity index (χ0v) is 6.56. The Morgan fingerprint density at radius 1 is 1.50 bits per heavy atom. The van der Waals surface area contributed by atoms with Crippen molar-refractivity contribution in [3.8, 4) is 0 Å². The summed E-state index contributed by atoms with van der Waals surface area (Å²) in [6.45, 7) is 0. The topological polar surface area (TPSA) is 66.4 Å². The van der Waals surface area contributed by atoms with Crippen LogP contribution in [0.25, 0.3) is 0 Å². The van der Waals surface area contributed by atoms with Crippen LogP contribution >= 0.6 is 0 Å². The van der Waals surface area contributed by atoms with E-state index < -0.39 is 15.9 Å². The number of aliphatic hydroxyl groups is 1. The van der Waals surface area contributed by atoms with E-state index in [2.05, 4.69) is 5.32 Å². The van der Waals surface area contributed by atoms with E-state index in [1.165, 1.54) is 0 Å². The first-order valence-corrected chi connectivity index (χ1v) is 4.93. The zero-order valence-electron chi connectivity index (χ0n) is 5.74. The van der Waals surface area contributed by atoms with E-state index in [4.69, 9.17) is 5.11 Å². The van der Waals surface area contributed by atoms with E-state index in [0.717, 1.165) is 0 Å². The zero-order chi connectivity index (χ0) is 7.78. The van der Waals surface area contributed by atoms with Crippen LogP contribution in [0.5, 0.6) is 0 Å². The van der Waals surface area contributed by atoms with E-state index >= 15 is 0 Å². The van der Waals surface area contributed by atoms with Crippen LogP contribution in [0, 0.1) is 0 Å². The van der Waals surface area contributed by atoms with E-state index in [1.807, 2.05) is 0 Å². The van der Waals surface area contributed by atoms with Crippen molar-refractivity contribution in [3.05, 3.63) is 0 Å². The highest BCUT2D eigenvalue weighted by molar-refractivity contribution is 7.91. The lowest BCUT2D eigenvalue weighted by molar-refractivity contribution is 0.170. The molecule has 2 unspecified atom stereocenters. The lowest BCUT2D eigenvalue weighted by atomic mass is 10.2. The minimum absolute atomic E-state index is 0.0602. The summed E-state index contributed by atoms with van der Waals surface area (Å²) in [6.07, 6.45) is -0.727. The Morgan fingerprint density at radius 2 is 2.10 bits per heavy atom. The molecule has 10 heavy (non-hydrogen) atoms. The summed E-state index contributed by atoms with van der Waals surface area (Å²) in [6, 6.07) is -0.273. The Morgan fingerprint density at radius 3 is 2.30 bits per heavy atom. The average molecular weight is 165 g/mol. The molecule has 1 heterocycles. The summed E-state index contributed by atoms with van der Waals surface area (Å²) < 4.78 is 21.6. The third kappa shape index (κ3) is 1.47. The molecule has 4 nitrogen and oxygen atoms in total. The summed E-state index contributed by atoms with van der Waals surface area (Å²) in [5, 5.41) is 11.8. The fourth-order valence-corrected chi connectivity index (χ4v) is 2.93. The molecule has 2 N–H and O–H groups in total. The molecule has 0 amide bonds. The molecule has 60 valence electrons. The van der Waals surface area contributed by atoms with Crippen LogP contribution in [0.1, 0.15) is 0 Å². The molecule has 2 atom stereocenters. The number of nitrogens with one attached hydrogen (secondary N) is 1. The Bertz CT molecular complexity index is 211. The molecule has 1 saturated heterocycles. The van der Waals surface area contributed by atoms with Gasteiger partial charge in [0.05, 0.1) is 17.6 Å². The molecule has 0 spiro atoms. The lowest BCUT2D eigenvalue weighted by Gasteiger charge is -2.09. The lowest BCUT2D eigenvalue weighted by Crippen LogP contribution is -2.35. The highest BCUT2D eigenvalue weighted by atomic mass is 32.2. The van der Waals surface area contributed by atoms with Crippen molar-refractivity contribution in [1.82, 2.24) is 5.32 Å². The second-order valence-corrected chi connectivity index (χ2v) is 4.69. The van der Waals surface area contributed by atoms with Crippen LogP contribution in [-0.2, 0) is 9.84 Å². The fourth-order valence-electron chi connectivity index (χ4n) is 1.10. The molecule has 0 aliphatic carbocycles. The van der Waals surface area contributed by atoms with Crippen molar-refractivity contribution in [2.75, 3.05) is 18.6 Å². The van der Waals surface area contributed by atoms with Crippen molar-refractivity contribution >= 4 is 9.84 Å². The molecule has 1 aliphatic heterocycles. The highest BCUT2D eigenvalue weighted by Crippen LogP contribution is 2.11. The Labute approximate surface area is 60.2 Å². The molecule has 0 aromatic carbocycles. The quantitative estimate of drug-likeness (QED) is 0.489. The van der Waals surface area contributed by atoms with Crippen LogP contribution < -0.4 is 5.32 Å². The van der Waals surface area contributed by atoms with Gasteiger partial charge in [-0.2, -0.15) is 0 Å². The molecule has 0 aromatic rings. The third-order valence-corrected chi connectivity index (χ3v) is 3.41. The Kier molecular flexibility index (Phi) is 1.98. The largest absolute Gasteiger partial charge is 0.390 e. The van der Waals surface area contributed by atoms with Crippen molar-refractivity contribution in [3.63, 3.8) is 0 Å². The highest BCUT2D eigenvalue weighted by Gasteiger charge is 2.34. The van der Waals surface area contributed by atoms with Gasteiger partial charge in [0, 0.05) is 6.04 Å². The van der Waals surface area contributed by atoms with Crippen molar-refractivity contribution in [2.45, 2.75) is 12.1 Å². The number of sulfone groups is 1. The first kappa shape index (κ1) is 7.97. The molecular weight excluding hydrogens is 154 g/mol. The molecular formula is C5H11NO3S. The van der Waals surface area contributed by atoms with Crippen molar-refractivity contribution in [1.29, 1.82) is 0 Å². The van der Waals surface area contributed by atoms with Crippen LogP contribution in [0.15, 0.2) is 0 Å². The van der Waals surface area contributed by atoms with Crippen LogP contribution in [0.2, 0.25) is 0 Å². The molecule has 0 radical (unpaired) electrons. The summed E-state index contributed by atoms with van der Waals surface area (Å²) in [5.74, 6) is -0.0385. The van der Waals surface area contributed by atoms with Gasteiger partial charge >= 0.3 is 0 Å². The second kappa shape index (κ2) is 2.48. The van der Waals surface area contributed by atoms with E-state index in [1.54, 1.807) is 7.05 Å². The standard InChI is InChI=1S/C5H11NO3S/c1-6-4-2-10(8,9)3-5(4)7/h4-7H,2-3H2,1H3. The van der Waals surface area contributed by atoms with Gasteiger partial charge in [0.15, 0.2) is 9.84 Å². The number of likely N-dealkylation sites (N-methyl/N-ethyl adjacent to an activating group) is 1. The van der Waals surface area contributed by atoms with Crippen LogP contribution in [-0.4, -0.2) is 44.2 Å². The van der Waals surface area contributed by atoms with Gasteiger partial charge < -0.3 is 10.4 Å². The third-order valence-electron chi connectivity index (χ3n) is 1.69. The van der Waals surface area contributed by atoms with Gasteiger partial charge in [0.25, 0.3) is 0 Å². The minimum Gasteiger partial charge on any atom is -0.390 e. The molecule has 0 saturated carbocycles. The van der Waals surface area contributed by atoms with Gasteiger partial charge in [-0.05, 0) is 7.05 Å². The van der Waals surface area contributed by atoms with Gasteiger partial charge in [-0.1, -0.05) is 0 Å². The van der Waals surface area contributed by atoms with Gasteiger partial charge in [-0.3, -0.25) is 0 Å². The first-order chi connectivity index (χ1) is 4.55. The molecule has 0 aromatic heterocycles. The summed E-state index contributed by atoms with van der Waals surface area (Å²) >= 11 is 0. The van der Waals surface area contributed by atoms with Gasteiger partial charge in [0.2, 0.25) is 0 Å². The molecule has 1 aliphatic rings. The molecule has 1 fully saturated rings. The summed E-state index contributed by atoms with van der Waals surface area (Å²) in [7, 11) is -1.32. The van der Waals surface area contributed by atoms with Crippen molar-refractivity contribution in [2.24, 2.45) is 0 Å². The predicted octanol–water partition coefficient (Wildman–Crippen LogP) is -1.64. The second-order valence-electron chi connectivity index (χ2n) is 2.54. The molecule has 0 bridgehead atoms. The Balaban J connectivity index is 2.71. The maximum atomic E-state index is 10.8. The molecule has 5 heteroatoms. The summed E-state index contributed by atoms with van der Waals surface area (Å²) in [4.78, 5) is 0. The van der Waals surface area contributed by atoms with Gasteiger partial charge in [-0.25, -0.2) is 8.42 Å². The molecule has 1 rings (SSSR count). The Hall–Kier alpha value is -0.130. The minimum atomic E-state index is -2.97. The number of hydrogen-bond donors (Lipinski definition) is 2. The predicted molar refractivity (Wildman–Crippen MR) is 37.5 cm³/mol. The fraction of sp³-hybridized carbons (Fsp3) is 1.00.